The molecule has 3 aliphatic rings. The van der Waals surface area contributed by atoms with Crippen molar-refractivity contribution in [2.45, 2.75) is 210 Å². The maximum atomic E-state index is 14.9. The molecule has 436 valence electrons. The molecule has 1 aromatic heterocycles. The van der Waals surface area contributed by atoms with Gasteiger partial charge in [-0.15, -0.1) is 5.10 Å². The van der Waals surface area contributed by atoms with Crippen molar-refractivity contribution in [3.05, 3.63) is 47.3 Å². The number of nitrogens with zero attached hydrogens (tertiary/aromatic N) is 5. The third kappa shape index (κ3) is 15.5. The highest BCUT2D eigenvalue weighted by atomic mass is 32.2. The molecule has 22 heteroatoms. The molecular formula is C54H92FN5O15S. The maximum Gasteiger partial charge on any atom is 0.311 e. The summed E-state index contributed by atoms with van der Waals surface area (Å²) in [7, 11) is 3.52. The molecule has 3 saturated heterocycles. The molecule has 0 spiro atoms. The van der Waals surface area contributed by atoms with Crippen molar-refractivity contribution in [3.8, 4) is 0 Å². The molecule has 3 fully saturated rings. The molecule has 0 amide bonds. The highest BCUT2D eigenvalue weighted by molar-refractivity contribution is 7.90. The van der Waals surface area contributed by atoms with Gasteiger partial charge in [-0.1, -0.05) is 50.3 Å². The van der Waals surface area contributed by atoms with Crippen LogP contribution in [0.25, 0.3) is 0 Å². The first-order valence-electron chi connectivity index (χ1n) is 26.9. The van der Waals surface area contributed by atoms with Crippen LogP contribution in [0.15, 0.2) is 30.5 Å². The number of aliphatic hydroxyl groups excluding tert-OH is 3. The van der Waals surface area contributed by atoms with Gasteiger partial charge in [0, 0.05) is 70.6 Å². The number of esters is 1. The van der Waals surface area contributed by atoms with E-state index in [1.165, 1.54) is 32.1 Å². The summed E-state index contributed by atoms with van der Waals surface area (Å²) in [6, 6.07) is 5.25. The van der Waals surface area contributed by atoms with Crippen LogP contribution >= 0.6 is 0 Å². The molecule has 20 atom stereocenters. The number of ether oxygens (including phenoxy) is 7. The number of likely N-dealkylation sites (N-methyl/N-ethyl adjacent to an activating group) is 2. The summed E-state index contributed by atoms with van der Waals surface area (Å²) < 4.78 is 83.8. The number of hydrogen-bond acceptors (Lipinski definition) is 19. The smallest absolute Gasteiger partial charge is 0.311 e. The van der Waals surface area contributed by atoms with Gasteiger partial charge in [0.2, 0.25) is 0 Å². The summed E-state index contributed by atoms with van der Waals surface area (Å²) in [6.45, 7) is 17.3. The number of carbonyl (C=O) groups is 1. The number of methoxy groups -OCH3 is 2. The van der Waals surface area contributed by atoms with Crippen LogP contribution in [0.1, 0.15) is 124 Å². The standard InChI is InChI=1S/C54H92FN5O15S/c1-16-42-54(10,66)47(62)35(6)59(12)29-31(2)26-52(8,65)49(33(4)45(34(5)50(64)73-42)74-43-27-53(9,70-14)48(63)36(7)72-43)75-51-44(61)40(25-32(3)71-51)58(11)23-21-39-30-60(57-56-39)41(28-55)46(69-13)38-19-17-37(18-20-38)22-24-76(15,67)68/h17-20,30-36,40-49,51,61-63,65-66H,16,21-29H2,1-15H3/t31-,32-,33+,34-,35-,36+,40+,41-,42-,43+,44-,45+,46-,47-,48+,49-,51+,52-,53-,54-/m1/s1. The van der Waals surface area contributed by atoms with E-state index < -0.39 is 137 Å². The van der Waals surface area contributed by atoms with Crippen molar-refractivity contribution in [3.63, 3.8) is 0 Å². The predicted molar refractivity (Wildman–Crippen MR) is 281 cm³/mol. The molecule has 0 unspecified atom stereocenters. The monoisotopic (exact) mass is 1100 g/mol. The number of aliphatic hydroxyl groups is 5. The number of aromatic nitrogens is 3. The predicted octanol–water partition coefficient (Wildman–Crippen LogP) is 3.59. The number of benzene rings is 1. The lowest BCUT2D eigenvalue weighted by Crippen LogP contribution is -2.61. The first kappa shape index (κ1) is 64.0. The van der Waals surface area contributed by atoms with Crippen LogP contribution in [-0.2, 0) is 60.6 Å². The van der Waals surface area contributed by atoms with Gasteiger partial charge in [-0.25, -0.2) is 17.5 Å². The summed E-state index contributed by atoms with van der Waals surface area (Å²) >= 11 is 0. The Morgan fingerprint density at radius 2 is 1.62 bits per heavy atom. The average Bonchev–Trinajstić information content (AvgIpc) is 3.83. The zero-order valence-corrected chi connectivity index (χ0v) is 48.4. The number of halogens is 1. The van der Waals surface area contributed by atoms with Crippen LogP contribution in [0, 0.1) is 17.8 Å². The summed E-state index contributed by atoms with van der Waals surface area (Å²) in [5.41, 5.74) is -2.53. The van der Waals surface area contributed by atoms with E-state index in [0.29, 0.717) is 43.6 Å². The molecule has 76 heavy (non-hydrogen) atoms. The molecule has 5 rings (SSSR count). The van der Waals surface area contributed by atoms with Gasteiger partial charge in [0.15, 0.2) is 12.6 Å². The number of carbonyl (C=O) groups excluding carboxylic acids is 1. The summed E-state index contributed by atoms with van der Waals surface area (Å²) in [5.74, 6) is -2.91. The summed E-state index contributed by atoms with van der Waals surface area (Å²) in [4.78, 5) is 18.4. The van der Waals surface area contributed by atoms with Gasteiger partial charge in [-0.2, -0.15) is 0 Å². The van der Waals surface area contributed by atoms with Gasteiger partial charge < -0.3 is 68.5 Å². The number of alkyl halides is 1. The van der Waals surface area contributed by atoms with E-state index >= 15 is 0 Å². The minimum Gasteiger partial charge on any atom is -0.459 e. The summed E-state index contributed by atoms with van der Waals surface area (Å²) in [5, 5.41) is 68.5. The van der Waals surface area contributed by atoms with E-state index in [4.69, 9.17) is 33.2 Å². The minimum atomic E-state index is -3.14. The Morgan fingerprint density at radius 3 is 2.21 bits per heavy atom. The third-order valence-electron chi connectivity index (χ3n) is 16.6. The van der Waals surface area contributed by atoms with Crippen molar-refractivity contribution >= 4 is 15.8 Å². The van der Waals surface area contributed by atoms with Crippen molar-refractivity contribution in [2.75, 3.05) is 60.1 Å². The largest absolute Gasteiger partial charge is 0.459 e. The zero-order chi connectivity index (χ0) is 56.8. The van der Waals surface area contributed by atoms with E-state index in [1.54, 1.807) is 66.8 Å². The van der Waals surface area contributed by atoms with Crippen LogP contribution in [0.5, 0.6) is 0 Å². The van der Waals surface area contributed by atoms with Crippen LogP contribution in [-0.4, -0.2) is 215 Å². The van der Waals surface area contributed by atoms with E-state index in [0.717, 1.165) is 5.56 Å². The zero-order valence-electron chi connectivity index (χ0n) is 47.6. The van der Waals surface area contributed by atoms with Crippen LogP contribution in [0.2, 0.25) is 0 Å². The molecule has 3 aliphatic heterocycles. The van der Waals surface area contributed by atoms with Gasteiger partial charge in [0.25, 0.3) is 0 Å². The second-order valence-electron chi connectivity index (χ2n) is 23.1. The quantitative estimate of drug-likeness (QED) is 0.134. The number of cyclic esters (lactones) is 1. The Bertz CT molecular complexity index is 2240. The molecular weight excluding hydrogens is 1010 g/mol. The Labute approximate surface area is 450 Å². The topological polar surface area (TPSA) is 254 Å². The molecule has 0 aliphatic carbocycles. The van der Waals surface area contributed by atoms with Crippen molar-refractivity contribution in [1.29, 1.82) is 0 Å². The second kappa shape index (κ2) is 26.6. The fraction of sp³-hybridized carbons (Fsp3) is 0.833. The number of hydrogen-bond donors (Lipinski definition) is 5. The summed E-state index contributed by atoms with van der Waals surface area (Å²) in [6.07, 6.45) is -6.77. The average molecular weight is 1100 g/mol. The number of rotatable bonds is 18. The lowest BCUT2D eigenvalue weighted by Gasteiger charge is -2.49. The van der Waals surface area contributed by atoms with Crippen LogP contribution < -0.4 is 0 Å². The van der Waals surface area contributed by atoms with E-state index in [1.807, 2.05) is 49.9 Å². The van der Waals surface area contributed by atoms with Gasteiger partial charge in [0.1, 0.15) is 58.7 Å². The molecule has 0 radical (unpaired) electrons. The molecule has 4 heterocycles. The van der Waals surface area contributed by atoms with Gasteiger partial charge >= 0.3 is 5.97 Å². The Morgan fingerprint density at radius 1 is 0.961 bits per heavy atom. The van der Waals surface area contributed by atoms with E-state index in [-0.39, 0.29) is 30.9 Å². The second-order valence-corrected chi connectivity index (χ2v) is 25.4. The van der Waals surface area contributed by atoms with Gasteiger partial charge in [0.05, 0.1) is 53.0 Å². The number of aryl methyl sites for hydroxylation is 1. The highest BCUT2D eigenvalue weighted by Crippen LogP contribution is 2.41. The molecule has 0 saturated carbocycles. The Kier molecular flexibility index (Phi) is 22.4. The lowest BCUT2D eigenvalue weighted by molar-refractivity contribution is -0.318. The van der Waals surface area contributed by atoms with Crippen LogP contribution in [0.3, 0.4) is 0 Å². The van der Waals surface area contributed by atoms with Crippen LogP contribution in [0.4, 0.5) is 4.39 Å². The fourth-order valence-corrected chi connectivity index (χ4v) is 12.3. The Hall–Kier alpha value is -2.81. The van der Waals surface area contributed by atoms with E-state index in [9.17, 15) is 43.1 Å². The van der Waals surface area contributed by atoms with Gasteiger partial charge in [-0.05, 0) is 105 Å². The van der Waals surface area contributed by atoms with Crippen molar-refractivity contribution < 1.29 is 76.3 Å². The fourth-order valence-electron chi connectivity index (χ4n) is 11.7. The lowest BCUT2D eigenvalue weighted by atomic mass is 9.77. The molecule has 0 bridgehead atoms. The van der Waals surface area contributed by atoms with Crippen molar-refractivity contribution in [1.82, 2.24) is 24.8 Å². The minimum absolute atomic E-state index is 0.0166. The maximum absolute atomic E-state index is 14.9. The number of sulfone groups is 1. The molecule has 1 aromatic carbocycles. The first-order chi connectivity index (χ1) is 35.4. The van der Waals surface area contributed by atoms with Crippen molar-refractivity contribution in [2.24, 2.45) is 17.8 Å². The highest BCUT2D eigenvalue weighted by Gasteiger charge is 2.53. The normalized spacial score (nSPS) is 38.8. The molecule has 5 N–H and O–H groups in total. The van der Waals surface area contributed by atoms with E-state index in [2.05, 4.69) is 10.3 Å². The third-order valence-corrected chi connectivity index (χ3v) is 17.5. The van der Waals surface area contributed by atoms with Gasteiger partial charge in [-0.3, -0.25) is 4.79 Å². The molecule has 2 aromatic rings. The molecule has 20 nitrogen and oxygen atoms in total. The SMILES string of the molecule is CC[C@H]1OC(=O)[C@H](C)[C@@H](O[C@H]2C[C@@](C)(OC)[C@@H](O)[C@H](C)O2)[C@H](C)[C@@H](O[C@@H]2O[C@H](C)C[C@H](N(C)CCc3cn([C@H](CF)[C@H](OC)c4ccc(CCS(C)(=O)=O)cc4)nn3)[C@H]2O)[C@](C)(O)C[C@@H](C)CN(C)[C@H](C)[C@@H](O)[C@]1(C)O. The Balaban J connectivity index is 1.42. The first-order valence-corrected chi connectivity index (χ1v) is 29.0.